The average Bonchev–Trinajstić information content (AvgIpc) is 2.00. The van der Waals surface area contributed by atoms with Gasteiger partial charge in [-0.1, -0.05) is 20.3 Å². The maximum Gasteiger partial charge on any atom is 0.0192 e. The molecule has 2 nitrogen and oxygen atoms in total. The quantitative estimate of drug-likeness (QED) is 0.600. The fourth-order valence-electron chi connectivity index (χ4n) is 2.07. The molecule has 11 heavy (non-hydrogen) atoms. The average molecular weight is 156 g/mol. The van der Waals surface area contributed by atoms with Crippen LogP contribution in [-0.2, 0) is 0 Å². The summed E-state index contributed by atoms with van der Waals surface area (Å²) in [7, 11) is 0. The molecule has 0 aliphatic heterocycles. The van der Waals surface area contributed by atoms with Crippen LogP contribution >= 0.6 is 0 Å². The molecule has 1 aliphatic carbocycles. The molecule has 0 aromatic heterocycles. The maximum atomic E-state index is 6.21. The largest absolute Gasteiger partial charge is 0.327 e. The van der Waals surface area contributed by atoms with Gasteiger partial charge in [-0.25, -0.2) is 0 Å². The van der Waals surface area contributed by atoms with Crippen LogP contribution in [0.25, 0.3) is 0 Å². The van der Waals surface area contributed by atoms with E-state index in [1.807, 2.05) is 0 Å². The molecule has 0 heterocycles. The summed E-state index contributed by atoms with van der Waals surface area (Å²) in [5, 5.41) is 0. The summed E-state index contributed by atoms with van der Waals surface area (Å²) in [6.45, 7) is 4.35. The van der Waals surface area contributed by atoms with Gasteiger partial charge in [-0.15, -0.1) is 0 Å². The van der Waals surface area contributed by atoms with Crippen molar-refractivity contribution in [2.75, 3.05) is 0 Å². The Hall–Kier alpha value is -0.0800. The monoisotopic (exact) mass is 156 g/mol. The SMILES string of the molecule is CCC1(N)CCCC(N)C1C. The number of nitrogens with two attached hydrogens (primary N) is 2. The lowest BCUT2D eigenvalue weighted by Gasteiger charge is -2.42. The molecule has 2 heteroatoms. The molecule has 1 saturated carbocycles. The molecule has 66 valence electrons. The Bertz CT molecular complexity index is 136. The van der Waals surface area contributed by atoms with E-state index in [0.717, 1.165) is 19.3 Å². The van der Waals surface area contributed by atoms with E-state index in [2.05, 4.69) is 13.8 Å². The van der Waals surface area contributed by atoms with Gasteiger partial charge in [0, 0.05) is 11.6 Å². The van der Waals surface area contributed by atoms with Crippen LogP contribution in [0.3, 0.4) is 0 Å². The first-order chi connectivity index (χ1) is 5.10. The summed E-state index contributed by atoms with van der Waals surface area (Å²) < 4.78 is 0. The minimum Gasteiger partial charge on any atom is -0.327 e. The summed E-state index contributed by atoms with van der Waals surface area (Å²) in [6, 6.07) is 0.327. The predicted octanol–water partition coefficient (Wildman–Crippen LogP) is 1.24. The third kappa shape index (κ3) is 1.57. The molecule has 0 spiro atoms. The van der Waals surface area contributed by atoms with E-state index in [-0.39, 0.29) is 5.54 Å². The lowest BCUT2D eigenvalue weighted by Crippen LogP contribution is -2.55. The van der Waals surface area contributed by atoms with E-state index in [4.69, 9.17) is 11.5 Å². The Morgan fingerprint density at radius 1 is 1.55 bits per heavy atom. The van der Waals surface area contributed by atoms with E-state index in [9.17, 15) is 0 Å². The van der Waals surface area contributed by atoms with Crippen molar-refractivity contribution < 1.29 is 0 Å². The summed E-state index contributed by atoms with van der Waals surface area (Å²) in [6.07, 6.45) is 4.57. The van der Waals surface area contributed by atoms with Crippen molar-refractivity contribution in [2.45, 2.75) is 51.1 Å². The van der Waals surface area contributed by atoms with Gasteiger partial charge in [0.25, 0.3) is 0 Å². The zero-order valence-corrected chi connectivity index (χ0v) is 7.64. The third-order valence-electron chi connectivity index (χ3n) is 3.39. The second-order valence-corrected chi connectivity index (χ2v) is 3.93. The molecule has 4 N–H and O–H groups in total. The molecule has 0 amide bonds. The van der Waals surface area contributed by atoms with Crippen LogP contribution in [0.15, 0.2) is 0 Å². The first-order valence-electron chi connectivity index (χ1n) is 4.64. The van der Waals surface area contributed by atoms with Crippen molar-refractivity contribution >= 4 is 0 Å². The molecule has 1 rings (SSSR count). The Morgan fingerprint density at radius 3 is 2.64 bits per heavy atom. The molecule has 1 aliphatic rings. The van der Waals surface area contributed by atoms with Crippen LogP contribution in [0.2, 0.25) is 0 Å². The van der Waals surface area contributed by atoms with Crippen LogP contribution in [0, 0.1) is 5.92 Å². The number of hydrogen-bond donors (Lipinski definition) is 2. The lowest BCUT2D eigenvalue weighted by atomic mass is 9.70. The smallest absolute Gasteiger partial charge is 0.0192 e. The van der Waals surface area contributed by atoms with Crippen molar-refractivity contribution in [1.82, 2.24) is 0 Å². The molecule has 0 aromatic carbocycles. The summed E-state index contributed by atoms with van der Waals surface area (Å²) in [4.78, 5) is 0. The Labute approximate surface area is 69.3 Å². The molecule has 0 aromatic rings. The van der Waals surface area contributed by atoms with Crippen molar-refractivity contribution in [3.63, 3.8) is 0 Å². The van der Waals surface area contributed by atoms with Gasteiger partial charge in [0.2, 0.25) is 0 Å². The minimum absolute atomic E-state index is 0.0255. The van der Waals surface area contributed by atoms with Crippen LogP contribution in [0.4, 0.5) is 0 Å². The van der Waals surface area contributed by atoms with Gasteiger partial charge >= 0.3 is 0 Å². The number of rotatable bonds is 1. The van der Waals surface area contributed by atoms with Crippen LogP contribution in [0.5, 0.6) is 0 Å². The van der Waals surface area contributed by atoms with Gasteiger partial charge in [0.05, 0.1) is 0 Å². The molecule has 3 atom stereocenters. The second kappa shape index (κ2) is 3.11. The first-order valence-corrected chi connectivity index (χ1v) is 4.64. The standard InChI is InChI=1S/C9H20N2/c1-3-9(11)6-4-5-8(10)7(9)2/h7-8H,3-6,10-11H2,1-2H3. The van der Waals surface area contributed by atoms with Crippen molar-refractivity contribution in [3.8, 4) is 0 Å². The highest BCUT2D eigenvalue weighted by Crippen LogP contribution is 2.32. The molecule has 0 radical (unpaired) electrons. The highest BCUT2D eigenvalue weighted by atomic mass is 14.8. The number of hydrogen-bond acceptors (Lipinski definition) is 2. The predicted molar refractivity (Wildman–Crippen MR) is 48.2 cm³/mol. The second-order valence-electron chi connectivity index (χ2n) is 3.93. The van der Waals surface area contributed by atoms with E-state index in [0.29, 0.717) is 12.0 Å². The maximum absolute atomic E-state index is 6.21. The zero-order chi connectivity index (χ0) is 8.48. The van der Waals surface area contributed by atoms with E-state index < -0.39 is 0 Å². The van der Waals surface area contributed by atoms with Crippen LogP contribution < -0.4 is 11.5 Å². The van der Waals surface area contributed by atoms with Gasteiger partial charge < -0.3 is 11.5 Å². The molecule has 0 saturated heterocycles. The van der Waals surface area contributed by atoms with E-state index in [1.54, 1.807) is 0 Å². The molecular formula is C9H20N2. The minimum atomic E-state index is 0.0255. The lowest BCUT2D eigenvalue weighted by molar-refractivity contribution is 0.173. The molecule has 3 unspecified atom stereocenters. The van der Waals surface area contributed by atoms with Gasteiger partial charge in [-0.2, -0.15) is 0 Å². The molecule has 1 fully saturated rings. The van der Waals surface area contributed by atoms with Crippen LogP contribution in [0.1, 0.15) is 39.5 Å². The van der Waals surface area contributed by atoms with Crippen LogP contribution in [-0.4, -0.2) is 11.6 Å². The van der Waals surface area contributed by atoms with Crippen molar-refractivity contribution in [2.24, 2.45) is 17.4 Å². The zero-order valence-electron chi connectivity index (χ0n) is 7.64. The first kappa shape index (κ1) is 9.01. The van der Waals surface area contributed by atoms with Gasteiger partial charge in [0.1, 0.15) is 0 Å². The Morgan fingerprint density at radius 2 is 2.18 bits per heavy atom. The topological polar surface area (TPSA) is 52.0 Å². The third-order valence-corrected chi connectivity index (χ3v) is 3.39. The highest BCUT2D eigenvalue weighted by Gasteiger charge is 2.36. The summed E-state index contributed by atoms with van der Waals surface area (Å²) in [5.41, 5.74) is 12.2. The fourth-order valence-corrected chi connectivity index (χ4v) is 2.07. The summed E-state index contributed by atoms with van der Waals surface area (Å²) >= 11 is 0. The van der Waals surface area contributed by atoms with Gasteiger partial charge in [0.15, 0.2) is 0 Å². The Balaban J connectivity index is 2.64. The van der Waals surface area contributed by atoms with Gasteiger partial charge in [-0.05, 0) is 25.2 Å². The highest BCUT2D eigenvalue weighted by molar-refractivity contribution is 4.96. The fraction of sp³-hybridized carbons (Fsp3) is 1.00. The molecular weight excluding hydrogens is 136 g/mol. The normalized spacial score (nSPS) is 45.8. The van der Waals surface area contributed by atoms with E-state index >= 15 is 0 Å². The van der Waals surface area contributed by atoms with Gasteiger partial charge in [-0.3, -0.25) is 0 Å². The molecule has 0 bridgehead atoms. The van der Waals surface area contributed by atoms with E-state index in [1.165, 1.54) is 6.42 Å². The van der Waals surface area contributed by atoms with Crippen molar-refractivity contribution in [3.05, 3.63) is 0 Å². The van der Waals surface area contributed by atoms with Crippen molar-refractivity contribution in [1.29, 1.82) is 0 Å². The Kier molecular flexibility index (Phi) is 2.55. The summed E-state index contributed by atoms with van der Waals surface area (Å²) in [5.74, 6) is 0.487.